The van der Waals surface area contributed by atoms with Gasteiger partial charge in [-0.15, -0.1) is 0 Å². The van der Waals surface area contributed by atoms with Gasteiger partial charge in [0.25, 0.3) is 0 Å². The van der Waals surface area contributed by atoms with E-state index >= 15 is 0 Å². The second-order valence-electron chi connectivity index (χ2n) is 3.74. The minimum absolute atomic E-state index is 0.259. The third-order valence-electron chi connectivity index (χ3n) is 2.47. The van der Waals surface area contributed by atoms with Crippen LogP contribution in [-0.2, 0) is 14.3 Å². The van der Waals surface area contributed by atoms with Gasteiger partial charge in [0, 0.05) is 6.42 Å². The van der Waals surface area contributed by atoms with Crippen LogP contribution in [-0.4, -0.2) is 6.29 Å². The number of allylic oxidation sites excluding steroid dienone is 5. The van der Waals surface area contributed by atoms with Crippen LogP contribution in [0.2, 0.25) is 0 Å². The number of carbonyl (C=O) groups excluding carboxylic acids is 1. The molecule has 0 aromatic heterocycles. The van der Waals surface area contributed by atoms with Crippen LogP contribution in [0.1, 0.15) is 25.7 Å². The highest BCUT2D eigenvalue weighted by molar-refractivity contribution is 5.53. The number of aldehydes is 1. The first-order valence-electron chi connectivity index (χ1n) is 5.38. The first-order chi connectivity index (χ1) is 7.88. The van der Waals surface area contributed by atoms with Crippen LogP contribution in [0.25, 0.3) is 0 Å². The Kier molecular flexibility index (Phi) is 3.59. The number of ether oxygens (including phenoxy) is 2. The van der Waals surface area contributed by atoms with E-state index in [1.165, 1.54) is 11.8 Å². The largest absolute Gasteiger partial charge is 0.462 e. The van der Waals surface area contributed by atoms with Crippen molar-refractivity contribution in [2.45, 2.75) is 25.7 Å². The molecule has 3 heteroatoms. The Hall–Kier alpha value is -1.77. The molecule has 0 bridgehead atoms. The molecule has 2 aliphatic rings. The Labute approximate surface area is 94.7 Å². The minimum atomic E-state index is 0.259. The molecule has 0 aromatic rings. The molecule has 0 aromatic carbocycles. The van der Waals surface area contributed by atoms with Crippen molar-refractivity contribution in [1.82, 2.24) is 0 Å². The maximum absolute atomic E-state index is 10.3. The highest BCUT2D eigenvalue weighted by Gasteiger charge is 2.10. The average Bonchev–Trinajstić information content (AvgIpc) is 2.33. The van der Waals surface area contributed by atoms with Gasteiger partial charge < -0.3 is 14.3 Å². The normalized spacial score (nSPS) is 18.9. The maximum Gasteiger partial charge on any atom is 0.145 e. The summed E-state index contributed by atoms with van der Waals surface area (Å²) in [5.41, 5.74) is 1.34. The van der Waals surface area contributed by atoms with Crippen molar-refractivity contribution in [2.75, 3.05) is 0 Å². The van der Waals surface area contributed by atoms with Crippen LogP contribution in [0.4, 0.5) is 0 Å². The summed E-state index contributed by atoms with van der Waals surface area (Å²) < 4.78 is 10.7. The second kappa shape index (κ2) is 5.35. The quantitative estimate of drug-likeness (QED) is 0.680. The van der Waals surface area contributed by atoms with Crippen molar-refractivity contribution < 1.29 is 14.3 Å². The van der Waals surface area contributed by atoms with Gasteiger partial charge in [0.05, 0.1) is 6.42 Å². The zero-order valence-electron chi connectivity index (χ0n) is 9.02. The highest BCUT2D eigenvalue weighted by atomic mass is 16.5. The molecule has 0 saturated heterocycles. The molecule has 3 nitrogen and oxygen atoms in total. The van der Waals surface area contributed by atoms with E-state index in [0.29, 0.717) is 5.76 Å². The molecule has 16 heavy (non-hydrogen) atoms. The molecule has 84 valence electrons. The third kappa shape index (κ3) is 2.86. The molecule has 0 unspecified atom stereocenters. The van der Waals surface area contributed by atoms with E-state index in [-0.39, 0.29) is 6.42 Å². The maximum atomic E-state index is 10.3. The number of carbonyl (C=O) groups is 1. The molecule has 0 radical (unpaired) electrons. The zero-order chi connectivity index (χ0) is 11.2. The Morgan fingerprint density at radius 1 is 1.25 bits per heavy atom. The lowest BCUT2D eigenvalue weighted by molar-refractivity contribution is -0.107. The summed E-state index contributed by atoms with van der Waals surface area (Å²) in [6.45, 7) is 0. The number of hydrogen-bond donors (Lipinski definition) is 0. The van der Waals surface area contributed by atoms with Crippen molar-refractivity contribution in [3.8, 4) is 0 Å². The first-order valence-corrected chi connectivity index (χ1v) is 5.38. The second-order valence-corrected chi connectivity index (χ2v) is 3.74. The Balaban J connectivity index is 1.87. The summed E-state index contributed by atoms with van der Waals surface area (Å²) in [6, 6.07) is 0. The van der Waals surface area contributed by atoms with Crippen molar-refractivity contribution in [2.24, 2.45) is 0 Å². The lowest BCUT2D eigenvalue weighted by atomic mass is 10.0. The van der Waals surface area contributed by atoms with Crippen LogP contribution < -0.4 is 0 Å². The number of hydrogen-bond acceptors (Lipinski definition) is 3. The molecular weight excluding hydrogens is 204 g/mol. The van der Waals surface area contributed by atoms with Gasteiger partial charge in [-0.1, -0.05) is 23.8 Å². The molecule has 0 saturated carbocycles. The Morgan fingerprint density at radius 2 is 2.06 bits per heavy atom. The van der Waals surface area contributed by atoms with Crippen LogP contribution in [0.5, 0.6) is 0 Å². The summed E-state index contributed by atoms with van der Waals surface area (Å²) >= 11 is 0. The van der Waals surface area contributed by atoms with E-state index in [2.05, 4.69) is 18.2 Å². The van der Waals surface area contributed by atoms with Gasteiger partial charge in [-0.2, -0.15) is 0 Å². The van der Waals surface area contributed by atoms with Gasteiger partial charge in [-0.25, -0.2) is 0 Å². The van der Waals surface area contributed by atoms with Crippen LogP contribution in [0.3, 0.4) is 0 Å². The Morgan fingerprint density at radius 3 is 2.69 bits per heavy atom. The predicted octanol–water partition coefficient (Wildman–Crippen LogP) is 2.97. The molecule has 0 amide bonds. The van der Waals surface area contributed by atoms with E-state index in [4.69, 9.17) is 9.47 Å². The van der Waals surface area contributed by atoms with E-state index in [1.54, 1.807) is 6.26 Å². The predicted molar refractivity (Wildman–Crippen MR) is 60.1 cm³/mol. The van der Waals surface area contributed by atoms with Gasteiger partial charge >= 0.3 is 0 Å². The summed E-state index contributed by atoms with van der Waals surface area (Å²) in [5, 5.41) is 0. The van der Waals surface area contributed by atoms with Crippen molar-refractivity contribution >= 4 is 6.29 Å². The zero-order valence-corrected chi connectivity index (χ0v) is 9.02. The van der Waals surface area contributed by atoms with Gasteiger partial charge in [0.15, 0.2) is 0 Å². The fraction of sp³-hybridized carbons (Fsp3) is 0.308. The van der Waals surface area contributed by atoms with Gasteiger partial charge in [0.1, 0.15) is 30.3 Å². The summed E-state index contributed by atoms with van der Waals surface area (Å²) in [4.78, 5) is 10.3. The molecule has 1 aliphatic heterocycles. The van der Waals surface area contributed by atoms with Gasteiger partial charge in [0.2, 0.25) is 0 Å². The number of rotatable bonds is 4. The molecule has 1 aliphatic carbocycles. The molecule has 1 heterocycles. The molecule has 0 N–H and O–H groups in total. The fourth-order valence-electron chi connectivity index (χ4n) is 1.62. The molecule has 0 fully saturated rings. The van der Waals surface area contributed by atoms with Crippen LogP contribution >= 0.6 is 0 Å². The van der Waals surface area contributed by atoms with E-state index in [0.717, 1.165) is 31.3 Å². The standard InChI is InChI=1S/C13H14O3/c14-7-6-12-9-16-13(10-15-12)8-11-4-2-1-3-5-11/h1-2,4,7,9-10H,3,5-6,8H2. The lowest BCUT2D eigenvalue weighted by Crippen LogP contribution is -2.01. The summed E-state index contributed by atoms with van der Waals surface area (Å²) in [5.74, 6) is 1.34. The van der Waals surface area contributed by atoms with E-state index < -0.39 is 0 Å². The SMILES string of the molecule is O=CCC1=COC(CC2=CC=CCC2)=CO1. The molecule has 0 spiro atoms. The van der Waals surface area contributed by atoms with E-state index in [1.807, 2.05) is 0 Å². The highest BCUT2D eigenvalue weighted by Crippen LogP contribution is 2.23. The van der Waals surface area contributed by atoms with Crippen molar-refractivity contribution in [1.29, 1.82) is 0 Å². The summed E-state index contributed by atoms with van der Waals surface area (Å²) in [6.07, 6.45) is 13.4. The Bertz CT molecular complexity index is 386. The third-order valence-corrected chi connectivity index (χ3v) is 2.47. The lowest BCUT2D eigenvalue weighted by Gasteiger charge is -2.16. The summed E-state index contributed by atoms with van der Waals surface area (Å²) in [7, 11) is 0. The van der Waals surface area contributed by atoms with Crippen LogP contribution in [0.15, 0.2) is 47.8 Å². The van der Waals surface area contributed by atoms with E-state index in [9.17, 15) is 4.79 Å². The van der Waals surface area contributed by atoms with Gasteiger partial charge in [-0.05, 0) is 12.8 Å². The first kappa shape index (κ1) is 10.7. The van der Waals surface area contributed by atoms with Crippen molar-refractivity contribution in [3.05, 3.63) is 47.8 Å². The smallest absolute Gasteiger partial charge is 0.145 e. The molecule has 2 rings (SSSR count). The van der Waals surface area contributed by atoms with Crippen LogP contribution in [0, 0.1) is 0 Å². The fourth-order valence-corrected chi connectivity index (χ4v) is 1.62. The monoisotopic (exact) mass is 218 g/mol. The van der Waals surface area contributed by atoms with Crippen molar-refractivity contribution in [3.63, 3.8) is 0 Å². The molecule has 0 atom stereocenters. The topological polar surface area (TPSA) is 35.5 Å². The average molecular weight is 218 g/mol. The minimum Gasteiger partial charge on any atom is -0.462 e. The molecular formula is C13H14O3. The van der Waals surface area contributed by atoms with Gasteiger partial charge in [-0.3, -0.25) is 0 Å².